The Bertz CT molecular complexity index is 4950. The van der Waals surface area contributed by atoms with E-state index in [0.717, 1.165) is 157 Å². The van der Waals surface area contributed by atoms with Gasteiger partial charge in [-0.1, -0.05) is 176 Å². The molecule has 13 rings (SSSR count). The van der Waals surface area contributed by atoms with E-state index >= 15 is 0 Å². The number of piperazine rings is 2. The van der Waals surface area contributed by atoms with E-state index in [1.807, 2.05) is 78.9 Å². The Morgan fingerprint density at radius 2 is 0.702 bits per heavy atom. The lowest BCUT2D eigenvalue weighted by Gasteiger charge is -2.38. The van der Waals surface area contributed by atoms with Crippen molar-refractivity contribution in [2.24, 2.45) is 0 Å². The summed E-state index contributed by atoms with van der Waals surface area (Å²) in [5.74, 6) is 0.917. The van der Waals surface area contributed by atoms with Gasteiger partial charge in [0, 0.05) is 107 Å². The third-order valence-corrected chi connectivity index (χ3v) is 25.9. The van der Waals surface area contributed by atoms with Crippen LogP contribution in [0.25, 0.3) is 33.4 Å². The fraction of sp³-hybridized carbons (Fsp3) is 0.362. The van der Waals surface area contributed by atoms with Gasteiger partial charge in [0.05, 0.1) is 24.5 Å². The minimum atomic E-state index is -4.06. The van der Waals surface area contributed by atoms with E-state index in [9.17, 15) is 45.7 Å². The van der Waals surface area contributed by atoms with Gasteiger partial charge in [-0.3, -0.25) is 14.5 Å². The summed E-state index contributed by atoms with van der Waals surface area (Å²) in [6.07, 6.45) is 12.3. The Hall–Kier alpha value is -9.19. The molecule has 0 bridgehead atoms. The molecule has 20 heteroatoms. The highest BCUT2D eigenvalue weighted by Crippen LogP contribution is 2.42. The van der Waals surface area contributed by atoms with Crippen LogP contribution in [0.2, 0.25) is 0 Å². The number of benzene rings is 9. The van der Waals surface area contributed by atoms with Gasteiger partial charge in [-0.2, -0.15) is 3.71 Å². The number of piperidine rings is 1. The summed E-state index contributed by atoms with van der Waals surface area (Å²) in [6, 6.07) is 80.8. The maximum atomic E-state index is 12.4. The number of aromatic hydroxyl groups is 1. The molecule has 0 spiro atoms. The maximum Gasteiger partial charge on any atom is 0.245 e. The molecule has 0 atom stereocenters. The minimum absolute atomic E-state index is 0.0432. The number of sulfonamides is 3. The molecule has 604 valence electrons. The summed E-state index contributed by atoms with van der Waals surface area (Å²) in [5.41, 5.74) is 20.5. The average molecular weight is 1600 g/mol. The van der Waals surface area contributed by atoms with E-state index < -0.39 is 30.1 Å². The number of phenols is 1. The topological polar surface area (TPSA) is 215 Å². The molecule has 0 radical (unpaired) electrons. The van der Waals surface area contributed by atoms with Crippen molar-refractivity contribution in [3.05, 3.63) is 292 Å². The first-order chi connectivity index (χ1) is 54.9. The van der Waals surface area contributed by atoms with Crippen LogP contribution in [-0.2, 0) is 30.1 Å². The number of hydrogen-bond donors (Lipinski definition) is 5. The molecule has 3 saturated heterocycles. The van der Waals surface area contributed by atoms with Crippen LogP contribution in [-0.4, -0.2) is 183 Å². The number of anilines is 4. The Labute approximate surface area is 678 Å². The summed E-state index contributed by atoms with van der Waals surface area (Å²) >= 11 is 0. The van der Waals surface area contributed by atoms with Crippen LogP contribution in [0.4, 0.5) is 22.7 Å². The summed E-state index contributed by atoms with van der Waals surface area (Å²) in [7, 11) is -11.5. The first-order valence-corrected chi connectivity index (χ1v) is 45.9. The number of phenolic OH excluding ortho intramolecular Hbond substituents is 1. The number of nitrogens with zero attached hydrogens (tertiary/aromatic N) is 6. The van der Waals surface area contributed by atoms with Gasteiger partial charge in [-0.25, -0.2) is 25.3 Å². The van der Waals surface area contributed by atoms with Crippen LogP contribution in [0.3, 0.4) is 0 Å². The zero-order chi connectivity index (χ0) is 80.9. The fourth-order valence-electron chi connectivity index (χ4n) is 16.0. The van der Waals surface area contributed by atoms with Gasteiger partial charge in [0.2, 0.25) is 30.1 Å². The van der Waals surface area contributed by atoms with Crippen LogP contribution >= 0.6 is 0 Å². The van der Waals surface area contributed by atoms with Gasteiger partial charge in [-0.15, -0.1) is 0 Å². The molecule has 0 aromatic heterocycles. The highest BCUT2D eigenvalue weighted by atomic mass is 32.3. The van der Waals surface area contributed by atoms with E-state index in [-0.39, 0.29) is 31.3 Å². The van der Waals surface area contributed by atoms with Crippen molar-refractivity contribution in [3.63, 3.8) is 0 Å². The van der Waals surface area contributed by atoms with Crippen LogP contribution in [0.1, 0.15) is 153 Å². The van der Waals surface area contributed by atoms with Crippen molar-refractivity contribution in [3.8, 4) is 5.75 Å². The van der Waals surface area contributed by atoms with E-state index in [2.05, 4.69) is 166 Å². The smallest absolute Gasteiger partial charge is 0.245 e. The van der Waals surface area contributed by atoms with E-state index in [1.165, 1.54) is 84.4 Å². The molecule has 9 aromatic rings. The maximum absolute atomic E-state index is 12.4. The molecule has 17 nitrogen and oxygen atoms in total. The minimum Gasteiger partial charge on any atom is -0.508 e. The summed E-state index contributed by atoms with van der Waals surface area (Å²) in [4.78, 5) is 12.5. The van der Waals surface area contributed by atoms with Crippen molar-refractivity contribution in [1.29, 1.82) is 0 Å². The van der Waals surface area contributed by atoms with Crippen LogP contribution in [0, 0.1) is 0 Å². The second-order valence-corrected chi connectivity index (χ2v) is 36.5. The molecule has 4 fully saturated rings. The molecule has 0 unspecified atom stereocenters. The summed E-state index contributed by atoms with van der Waals surface area (Å²) in [6.45, 7) is 19.9. The summed E-state index contributed by atoms with van der Waals surface area (Å²) < 4.78 is 75.8. The first kappa shape index (κ1) is 85.7. The van der Waals surface area contributed by atoms with Crippen molar-refractivity contribution in [1.82, 2.24) is 14.7 Å². The van der Waals surface area contributed by atoms with Crippen LogP contribution in [0.15, 0.2) is 237 Å². The second kappa shape index (κ2) is 40.4. The molecule has 9 aromatic carbocycles. The lowest BCUT2D eigenvalue weighted by Crippen LogP contribution is -2.48. The molecule has 3 aliphatic heterocycles. The van der Waals surface area contributed by atoms with Gasteiger partial charge in [0.15, 0.2) is 0 Å². The number of likely N-dealkylation sites (tertiary alicyclic amines) is 1. The Morgan fingerprint density at radius 1 is 0.386 bits per heavy atom. The van der Waals surface area contributed by atoms with Crippen molar-refractivity contribution < 1.29 is 45.7 Å². The van der Waals surface area contributed by atoms with Crippen molar-refractivity contribution in [2.45, 2.75) is 116 Å². The highest BCUT2D eigenvalue weighted by molar-refractivity contribution is 8.09. The molecule has 4 aliphatic rings. The number of aliphatic hydroxyl groups excluding tert-OH is 3. The van der Waals surface area contributed by atoms with Crippen molar-refractivity contribution in [2.75, 3.05) is 122 Å². The molecule has 5 N–H and O–H groups in total. The Morgan fingerprint density at radius 3 is 1.01 bits per heavy atom. The lowest BCUT2D eigenvalue weighted by molar-refractivity contribution is 0.203. The lowest BCUT2D eigenvalue weighted by atomic mass is 9.85. The van der Waals surface area contributed by atoms with Crippen LogP contribution < -0.4 is 18.2 Å². The number of hydrogen-bond acceptors (Lipinski definition) is 15. The van der Waals surface area contributed by atoms with Gasteiger partial charge in [0.25, 0.3) is 0 Å². The van der Waals surface area contributed by atoms with Gasteiger partial charge in [-0.05, 0) is 261 Å². The zero-order valence-corrected chi connectivity index (χ0v) is 69.7. The van der Waals surface area contributed by atoms with Crippen molar-refractivity contribution >= 4 is 86.3 Å². The molecule has 0 amide bonds. The Kier molecular flexibility index (Phi) is 30.4. The SMILES string of the molecule is CC(C)N1CCN(c2ccc(/C(=C(/CCCO)c3ccccc3)c3ccc(N(S(C)(=O)=O)S(C)(=O)=O)cc3)cc2)CC1.CC(C)N1CCN(c2ccc(/C(=C(/CCCO)c3ccccc3)c3ccc(NS(C)(=O)=O)cc3)cc2)CC1.OCCC/C(=C(\c1ccc(O)cc1)c1ccc(C2CCN(C3CC3)CC2)cc1)c1ccccc1. The largest absolute Gasteiger partial charge is 0.508 e. The first-order valence-electron chi connectivity index (χ1n) is 40.3. The van der Waals surface area contributed by atoms with E-state index in [4.69, 9.17) is 0 Å². The predicted molar refractivity (Wildman–Crippen MR) is 471 cm³/mol. The molecule has 3 heterocycles. The standard InChI is InChI=1S/C32H41N3O5S2.C31H39N3O3S.C31H35NO2/c1-25(2)33-20-22-34(23-21-33)29-16-12-27(13-17-29)32(31(11-8-24-36)26-9-6-5-7-10-26)28-14-18-30(19-15-28)35(41(3,37)38)42(4,39)40;1-24(2)33-19-21-34(22-20-33)29-17-13-27(14-18-29)31(26-11-15-28(16-12-26)32-38(3,36)37)30(10-7-23-35)25-8-5-4-6-9-25;33-22-4-7-30(25-5-2-1-3-6-25)31(27-12-16-29(34)17-13-27)26-10-8-23(9-11-26)24-18-20-32(21-19-24)28-14-15-28/h5-7,9-10,12-19,25,36H,8,11,20-24H2,1-4H3;4-6,8-9,11-18,24,32,35H,7,10,19-23H2,1-3H3;1-3,5-6,8-13,16-17,24,28,33-34H,4,7,14-15,18-22H2/b32-31+;31-30-;31-30+. The zero-order valence-electron chi connectivity index (χ0n) is 67.2. The van der Waals surface area contributed by atoms with E-state index in [0.29, 0.717) is 53.1 Å². The number of rotatable bonds is 29. The average Bonchev–Trinajstić information content (AvgIpc) is 0.988. The third-order valence-electron chi connectivity index (χ3n) is 22.0. The second-order valence-electron chi connectivity index (χ2n) is 30.9. The quantitative estimate of drug-likeness (QED) is 0.0276. The number of nitrogens with one attached hydrogen (secondary N) is 1. The predicted octanol–water partition coefficient (Wildman–Crippen LogP) is 16.5. The Balaban J connectivity index is 0.000000169. The summed E-state index contributed by atoms with van der Waals surface area (Å²) in [5, 5.41) is 38.9. The number of allylic oxidation sites excluding steroid dienone is 3. The van der Waals surface area contributed by atoms with Gasteiger partial charge in [0.1, 0.15) is 5.75 Å². The van der Waals surface area contributed by atoms with E-state index in [1.54, 1.807) is 36.4 Å². The molecular formula is C94H115N7O10S3. The molecule has 1 saturated carbocycles. The number of aliphatic hydroxyl groups is 3. The normalized spacial score (nSPS) is 16.2. The molecule has 114 heavy (non-hydrogen) atoms. The monoisotopic (exact) mass is 1600 g/mol. The third kappa shape index (κ3) is 23.5. The van der Waals surface area contributed by atoms with Gasteiger partial charge < -0.3 is 35.1 Å². The highest BCUT2D eigenvalue weighted by Gasteiger charge is 2.33. The molecule has 1 aliphatic carbocycles. The fourth-order valence-corrected chi connectivity index (χ4v) is 19.6. The van der Waals surface area contributed by atoms with Gasteiger partial charge >= 0.3 is 0 Å². The molecular weight excluding hydrogens is 1480 g/mol. The van der Waals surface area contributed by atoms with Crippen LogP contribution in [0.5, 0.6) is 5.75 Å².